The molecule has 1 aliphatic rings. The van der Waals surface area contributed by atoms with Crippen LogP contribution in [0.3, 0.4) is 0 Å². The van der Waals surface area contributed by atoms with E-state index in [0.29, 0.717) is 46.5 Å². The van der Waals surface area contributed by atoms with Crippen molar-refractivity contribution in [3.63, 3.8) is 0 Å². The molecule has 38 heavy (non-hydrogen) atoms. The molecule has 0 aliphatic heterocycles. The van der Waals surface area contributed by atoms with Crippen molar-refractivity contribution in [2.24, 2.45) is 10.7 Å². The van der Waals surface area contributed by atoms with Crippen molar-refractivity contribution >= 4 is 45.1 Å². The molecule has 1 saturated carbocycles. The van der Waals surface area contributed by atoms with Gasteiger partial charge in [-0.15, -0.1) is 0 Å². The molecular formula is C25H27ClF3N3O4S2. The molecule has 0 saturated heterocycles. The average Bonchev–Trinajstić information content (AvgIpc) is 2.87. The van der Waals surface area contributed by atoms with Gasteiger partial charge in [0.15, 0.2) is 0 Å². The number of carbonyl (C=O) groups excluding carboxylic acids is 1. The number of benzene rings is 2. The third-order valence-corrected chi connectivity index (χ3v) is 8.92. The number of halogens is 4. The van der Waals surface area contributed by atoms with E-state index < -0.39 is 38.7 Å². The van der Waals surface area contributed by atoms with Crippen LogP contribution in [-0.2, 0) is 25.7 Å². The molecule has 0 aromatic heterocycles. The first-order chi connectivity index (χ1) is 17.9. The van der Waals surface area contributed by atoms with Crippen LogP contribution in [0.5, 0.6) is 0 Å². The van der Waals surface area contributed by atoms with Crippen LogP contribution in [0.25, 0.3) is 0 Å². The highest BCUT2D eigenvalue weighted by molar-refractivity contribution is 7.99. The highest BCUT2D eigenvalue weighted by Crippen LogP contribution is 2.38. The Kier molecular flexibility index (Phi) is 9.91. The lowest BCUT2D eigenvalue weighted by Gasteiger charge is -2.33. The summed E-state index contributed by atoms with van der Waals surface area (Å²) in [6.45, 7) is 1.62. The summed E-state index contributed by atoms with van der Waals surface area (Å²) in [5.41, 5.74) is 5.60. The van der Waals surface area contributed by atoms with Crippen LogP contribution >= 0.6 is 23.4 Å². The lowest BCUT2D eigenvalue weighted by molar-refractivity contribution is -0.141. The van der Waals surface area contributed by atoms with E-state index in [9.17, 15) is 26.4 Å². The largest absolute Gasteiger partial charge is 0.465 e. The molecule has 206 valence electrons. The van der Waals surface area contributed by atoms with Crippen LogP contribution < -0.4 is 5.73 Å². The SMILES string of the molecule is CCOC(=O)CN=C1CCC[C@@H](N(C)S(=O)(=O)c2cc(Sc3ccc(Cl)cc3)cc(C(F)(F)F)c2)C1=CN. The van der Waals surface area contributed by atoms with Crippen molar-refractivity contribution in [1.82, 2.24) is 4.31 Å². The number of hydrogen-bond donors (Lipinski definition) is 1. The topological polar surface area (TPSA) is 102 Å². The Labute approximate surface area is 228 Å². The molecule has 7 nitrogen and oxygen atoms in total. The van der Waals surface area contributed by atoms with E-state index in [0.717, 1.165) is 22.1 Å². The Morgan fingerprint density at radius 3 is 2.53 bits per heavy atom. The van der Waals surface area contributed by atoms with E-state index in [1.54, 1.807) is 31.2 Å². The fourth-order valence-corrected chi connectivity index (χ4v) is 6.55. The molecule has 0 bridgehead atoms. The van der Waals surface area contributed by atoms with Crippen LogP contribution in [0.1, 0.15) is 31.7 Å². The maximum atomic E-state index is 13.7. The Morgan fingerprint density at radius 1 is 1.24 bits per heavy atom. The quantitative estimate of drug-likeness (QED) is 0.406. The van der Waals surface area contributed by atoms with E-state index in [2.05, 4.69) is 4.99 Å². The zero-order chi connectivity index (χ0) is 28.1. The molecule has 0 spiro atoms. The second kappa shape index (κ2) is 12.5. The third-order valence-electron chi connectivity index (χ3n) is 5.84. The van der Waals surface area contributed by atoms with E-state index in [4.69, 9.17) is 22.1 Å². The number of ether oxygens (including phenoxy) is 1. The highest BCUT2D eigenvalue weighted by atomic mass is 35.5. The van der Waals surface area contributed by atoms with Crippen molar-refractivity contribution in [1.29, 1.82) is 0 Å². The molecule has 1 fully saturated rings. The van der Waals surface area contributed by atoms with Gasteiger partial charge in [0.2, 0.25) is 10.0 Å². The lowest BCUT2D eigenvalue weighted by atomic mass is 9.88. The molecular weight excluding hydrogens is 563 g/mol. The monoisotopic (exact) mass is 589 g/mol. The van der Waals surface area contributed by atoms with Gasteiger partial charge in [-0.2, -0.15) is 17.5 Å². The molecule has 0 radical (unpaired) electrons. The summed E-state index contributed by atoms with van der Waals surface area (Å²) >= 11 is 6.88. The number of aliphatic imine (C=N–C) groups is 1. The predicted molar refractivity (Wildman–Crippen MR) is 141 cm³/mol. The number of rotatable bonds is 8. The van der Waals surface area contributed by atoms with Crippen LogP contribution in [0.15, 0.2) is 73.9 Å². The second-order valence-electron chi connectivity index (χ2n) is 8.37. The zero-order valence-corrected chi connectivity index (χ0v) is 23.1. The Morgan fingerprint density at radius 2 is 1.92 bits per heavy atom. The van der Waals surface area contributed by atoms with Gasteiger partial charge in [0, 0.05) is 39.3 Å². The number of nitrogens with zero attached hydrogens (tertiary/aromatic N) is 2. The molecule has 13 heteroatoms. The van der Waals surface area contributed by atoms with Crippen molar-refractivity contribution in [3.05, 3.63) is 64.8 Å². The standard InChI is InChI=1S/C25H27ClF3N3O4S2/c1-3-36-24(33)15-31-22-5-4-6-23(21(22)14-30)32(2)38(34,35)20-12-16(25(27,28)29)11-19(13-20)37-18-9-7-17(26)8-10-18/h7-14,23H,3-6,15,30H2,1-2H3/t23-/m1/s1. The van der Waals surface area contributed by atoms with Gasteiger partial charge in [-0.3, -0.25) is 9.79 Å². The van der Waals surface area contributed by atoms with Crippen LogP contribution in [0, 0.1) is 0 Å². The minimum atomic E-state index is -4.76. The second-order valence-corrected chi connectivity index (χ2v) is 11.9. The highest BCUT2D eigenvalue weighted by Gasteiger charge is 2.37. The van der Waals surface area contributed by atoms with Gasteiger partial charge in [0.1, 0.15) is 6.54 Å². The van der Waals surface area contributed by atoms with Gasteiger partial charge in [-0.25, -0.2) is 8.42 Å². The lowest BCUT2D eigenvalue weighted by Crippen LogP contribution is -2.42. The minimum Gasteiger partial charge on any atom is -0.465 e. The number of hydrogen-bond acceptors (Lipinski definition) is 7. The van der Waals surface area contributed by atoms with Gasteiger partial charge in [0.05, 0.1) is 23.1 Å². The molecule has 2 aromatic carbocycles. The smallest absolute Gasteiger partial charge is 0.416 e. The molecule has 1 atom stereocenters. The van der Waals surface area contributed by atoms with Gasteiger partial charge in [-0.1, -0.05) is 23.4 Å². The van der Waals surface area contributed by atoms with Gasteiger partial charge in [0.25, 0.3) is 0 Å². The van der Waals surface area contributed by atoms with Crippen LogP contribution in [0.2, 0.25) is 5.02 Å². The summed E-state index contributed by atoms with van der Waals surface area (Å²) in [6, 6.07) is 8.41. The van der Waals surface area contributed by atoms with Crippen LogP contribution in [0.4, 0.5) is 13.2 Å². The van der Waals surface area contributed by atoms with Gasteiger partial charge < -0.3 is 10.5 Å². The normalized spacial score (nSPS) is 18.8. The number of carbonyl (C=O) groups is 1. The number of esters is 1. The summed E-state index contributed by atoms with van der Waals surface area (Å²) in [5.74, 6) is -0.533. The first-order valence-corrected chi connectivity index (χ1v) is 14.2. The van der Waals surface area contributed by atoms with Crippen molar-refractivity contribution in [2.45, 2.75) is 53.1 Å². The molecule has 0 heterocycles. The van der Waals surface area contributed by atoms with Crippen molar-refractivity contribution in [2.75, 3.05) is 20.2 Å². The molecule has 0 unspecified atom stereocenters. The average molecular weight is 590 g/mol. The third kappa shape index (κ3) is 7.31. The maximum Gasteiger partial charge on any atom is 0.416 e. The number of nitrogens with two attached hydrogens (primary N) is 1. The van der Waals surface area contributed by atoms with Crippen LogP contribution in [-0.4, -0.2) is 50.6 Å². The fourth-order valence-electron chi connectivity index (χ4n) is 3.99. The molecule has 1 aliphatic carbocycles. The zero-order valence-electron chi connectivity index (χ0n) is 20.7. The summed E-state index contributed by atoms with van der Waals surface area (Å²) in [7, 11) is -3.10. The fraction of sp³-hybridized carbons (Fsp3) is 0.360. The molecule has 0 amide bonds. The minimum absolute atomic E-state index is 0.101. The van der Waals surface area contributed by atoms with E-state index in [1.807, 2.05) is 0 Å². The number of likely N-dealkylation sites (N-methyl/N-ethyl adjacent to an activating group) is 1. The van der Waals surface area contributed by atoms with Gasteiger partial charge in [-0.05, 0) is 68.7 Å². The van der Waals surface area contributed by atoms with Gasteiger partial charge >= 0.3 is 12.1 Å². The van der Waals surface area contributed by atoms with E-state index in [-0.39, 0.29) is 18.0 Å². The summed E-state index contributed by atoms with van der Waals surface area (Å²) in [6.07, 6.45) is -2.14. The Hall–Kier alpha value is -2.54. The Balaban J connectivity index is 1.97. The van der Waals surface area contributed by atoms with Crippen molar-refractivity contribution in [3.8, 4) is 0 Å². The number of sulfonamides is 1. The number of alkyl halides is 3. The first-order valence-electron chi connectivity index (χ1n) is 11.6. The molecule has 2 aromatic rings. The predicted octanol–water partition coefficient (Wildman–Crippen LogP) is 5.53. The van der Waals surface area contributed by atoms with Crippen molar-refractivity contribution < 1.29 is 31.1 Å². The first kappa shape index (κ1) is 30.0. The summed E-state index contributed by atoms with van der Waals surface area (Å²) < 4.78 is 74.4. The molecule has 2 N–H and O–H groups in total. The molecule has 3 rings (SSSR count). The Bertz CT molecular complexity index is 1330. The summed E-state index contributed by atoms with van der Waals surface area (Å²) in [5, 5.41) is 0.463. The summed E-state index contributed by atoms with van der Waals surface area (Å²) in [4.78, 5) is 16.2. The van der Waals surface area contributed by atoms with E-state index >= 15 is 0 Å². The van der Waals surface area contributed by atoms with E-state index in [1.165, 1.54) is 19.3 Å². The maximum absolute atomic E-state index is 13.7.